The first kappa shape index (κ1) is 20.4. The van der Waals surface area contributed by atoms with Crippen molar-refractivity contribution in [2.24, 2.45) is 0 Å². The fourth-order valence-electron chi connectivity index (χ4n) is 4.53. The van der Waals surface area contributed by atoms with Gasteiger partial charge in [0.15, 0.2) is 0 Å². The third-order valence-electron chi connectivity index (χ3n) is 5.98. The van der Waals surface area contributed by atoms with Crippen molar-refractivity contribution in [3.8, 4) is 17.2 Å². The van der Waals surface area contributed by atoms with Crippen LogP contribution in [0.15, 0.2) is 33.5 Å². The summed E-state index contributed by atoms with van der Waals surface area (Å²) in [7, 11) is 0. The van der Waals surface area contributed by atoms with Gasteiger partial charge >= 0.3 is 0 Å². The predicted molar refractivity (Wildman–Crippen MR) is 119 cm³/mol. The van der Waals surface area contributed by atoms with E-state index < -0.39 is 0 Å². The Labute approximate surface area is 189 Å². The van der Waals surface area contributed by atoms with Gasteiger partial charge in [-0.05, 0) is 60.4 Å². The van der Waals surface area contributed by atoms with Crippen molar-refractivity contribution in [2.75, 3.05) is 19.6 Å². The molecule has 0 aliphatic carbocycles. The van der Waals surface area contributed by atoms with E-state index in [9.17, 15) is 4.79 Å². The summed E-state index contributed by atoms with van der Waals surface area (Å²) in [5, 5.41) is 4.25. The lowest BCUT2D eigenvalue weighted by molar-refractivity contribution is 0.0460. The number of hydrogen-bond acceptors (Lipinski definition) is 6. The lowest BCUT2D eigenvalue weighted by Crippen LogP contribution is -2.44. The Morgan fingerprint density at radius 2 is 2.06 bits per heavy atom. The molecule has 1 saturated heterocycles. The lowest BCUT2D eigenvalue weighted by Gasteiger charge is -2.39. The molecule has 0 spiro atoms. The number of aromatic nitrogens is 4. The third-order valence-corrected chi connectivity index (χ3v) is 6.64. The van der Waals surface area contributed by atoms with Crippen LogP contribution in [0, 0.1) is 0 Å². The SMILES string of the molecule is CCCN(CCC)Cc1nc(-c2ncn3c2[C@@H]2CCN2C(=O)c2c(Br)cccc2-3)no1. The van der Waals surface area contributed by atoms with Gasteiger partial charge in [0.2, 0.25) is 11.7 Å². The highest BCUT2D eigenvalue weighted by atomic mass is 79.9. The Morgan fingerprint density at radius 3 is 2.77 bits per heavy atom. The van der Waals surface area contributed by atoms with Gasteiger partial charge in [0.25, 0.3) is 5.91 Å². The fraction of sp³-hybridized carbons (Fsp3) is 0.455. The zero-order chi connectivity index (χ0) is 21.5. The summed E-state index contributed by atoms with van der Waals surface area (Å²) in [6, 6.07) is 5.75. The molecule has 5 rings (SSSR count). The molecule has 0 saturated carbocycles. The van der Waals surface area contributed by atoms with Gasteiger partial charge in [-0.3, -0.25) is 14.3 Å². The average Bonchev–Trinajstić information content (AvgIpc) is 3.33. The second-order valence-corrected chi connectivity index (χ2v) is 8.93. The number of benzene rings is 1. The molecule has 4 heterocycles. The van der Waals surface area contributed by atoms with Gasteiger partial charge in [-0.1, -0.05) is 25.1 Å². The second kappa shape index (κ2) is 8.20. The summed E-state index contributed by atoms with van der Waals surface area (Å²) in [5.74, 6) is 1.11. The topological polar surface area (TPSA) is 80.3 Å². The molecule has 0 bridgehead atoms. The van der Waals surface area contributed by atoms with Crippen LogP contribution >= 0.6 is 15.9 Å². The number of amides is 1. The van der Waals surface area contributed by atoms with Crippen LogP contribution in [-0.4, -0.2) is 55.0 Å². The first-order valence-corrected chi connectivity index (χ1v) is 11.6. The maximum atomic E-state index is 13.2. The van der Waals surface area contributed by atoms with E-state index in [4.69, 9.17) is 4.52 Å². The second-order valence-electron chi connectivity index (χ2n) is 8.07. The summed E-state index contributed by atoms with van der Waals surface area (Å²) >= 11 is 3.56. The Bertz CT molecular complexity index is 1120. The summed E-state index contributed by atoms with van der Waals surface area (Å²) in [5.41, 5.74) is 3.12. The van der Waals surface area contributed by atoms with Crippen LogP contribution in [0.1, 0.15) is 61.1 Å². The highest BCUT2D eigenvalue weighted by Gasteiger charge is 2.43. The van der Waals surface area contributed by atoms with Crippen LogP contribution in [0.25, 0.3) is 17.2 Å². The number of fused-ring (bicyclic) bond motifs is 5. The maximum absolute atomic E-state index is 13.2. The molecule has 2 aliphatic heterocycles. The van der Waals surface area contributed by atoms with Crippen molar-refractivity contribution in [1.82, 2.24) is 29.5 Å². The van der Waals surface area contributed by atoms with Crippen LogP contribution in [0.3, 0.4) is 0 Å². The maximum Gasteiger partial charge on any atom is 0.257 e. The van der Waals surface area contributed by atoms with Gasteiger partial charge in [-0.15, -0.1) is 0 Å². The van der Waals surface area contributed by atoms with Crippen molar-refractivity contribution < 1.29 is 9.32 Å². The third kappa shape index (κ3) is 3.40. The number of carbonyl (C=O) groups excluding carboxylic acids is 1. The largest absolute Gasteiger partial charge is 0.337 e. The number of nitrogens with zero attached hydrogens (tertiary/aromatic N) is 6. The number of carbonyl (C=O) groups is 1. The molecule has 0 radical (unpaired) electrons. The van der Waals surface area contributed by atoms with Crippen molar-refractivity contribution >= 4 is 21.8 Å². The zero-order valence-electron chi connectivity index (χ0n) is 17.7. The molecule has 1 fully saturated rings. The van der Waals surface area contributed by atoms with Crippen molar-refractivity contribution in [2.45, 2.75) is 45.7 Å². The monoisotopic (exact) mass is 484 g/mol. The molecule has 2 aromatic heterocycles. The van der Waals surface area contributed by atoms with Gasteiger partial charge in [0.1, 0.15) is 12.0 Å². The molecule has 2 aliphatic rings. The predicted octanol–water partition coefficient (Wildman–Crippen LogP) is 4.21. The van der Waals surface area contributed by atoms with Gasteiger partial charge in [-0.2, -0.15) is 4.98 Å². The van der Waals surface area contributed by atoms with Crippen LogP contribution in [0.2, 0.25) is 0 Å². The minimum atomic E-state index is -0.0390. The van der Waals surface area contributed by atoms with Crippen LogP contribution < -0.4 is 0 Å². The smallest absolute Gasteiger partial charge is 0.257 e. The van der Waals surface area contributed by atoms with Crippen LogP contribution in [-0.2, 0) is 6.54 Å². The minimum Gasteiger partial charge on any atom is -0.337 e. The van der Waals surface area contributed by atoms with E-state index in [0.717, 1.165) is 54.8 Å². The van der Waals surface area contributed by atoms with Gasteiger partial charge < -0.3 is 9.42 Å². The van der Waals surface area contributed by atoms with Crippen molar-refractivity contribution in [3.63, 3.8) is 0 Å². The summed E-state index contributed by atoms with van der Waals surface area (Å²) in [6.07, 6.45) is 4.81. The van der Waals surface area contributed by atoms with Gasteiger partial charge in [0.05, 0.1) is 29.5 Å². The Hall–Kier alpha value is -2.52. The van der Waals surface area contributed by atoms with E-state index in [1.54, 1.807) is 6.33 Å². The van der Waals surface area contributed by atoms with E-state index in [0.29, 0.717) is 29.5 Å². The molecule has 8 nitrogen and oxygen atoms in total. The van der Waals surface area contributed by atoms with Gasteiger partial charge in [0, 0.05) is 11.0 Å². The van der Waals surface area contributed by atoms with E-state index >= 15 is 0 Å². The molecular weight excluding hydrogens is 460 g/mol. The molecule has 9 heteroatoms. The first-order valence-electron chi connectivity index (χ1n) is 10.8. The Kier molecular flexibility index (Phi) is 5.39. The summed E-state index contributed by atoms with van der Waals surface area (Å²) < 4.78 is 8.38. The standard InChI is InChI=1S/C22H25BrN6O2/c1-3-9-27(10-4-2)12-17-25-21(26-31-17)19-20-16-8-11-28(16)22(30)18-14(23)6-5-7-15(18)29(20)13-24-19/h5-7,13,16H,3-4,8-12H2,1-2H3/t16-/m0/s1. The number of imidazole rings is 1. The molecule has 0 N–H and O–H groups in total. The van der Waals surface area contributed by atoms with Crippen LogP contribution in [0.4, 0.5) is 0 Å². The quantitative estimate of drug-likeness (QED) is 0.499. The Balaban J connectivity index is 1.54. The Morgan fingerprint density at radius 1 is 1.26 bits per heavy atom. The van der Waals surface area contributed by atoms with Gasteiger partial charge in [-0.25, -0.2) is 4.98 Å². The molecule has 0 unspecified atom stereocenters. The highest BCUT2D eigenvalue weighted by Crippen LogP contribution is 2.44. The summed E-state index contributed by atoms with van der Waals surface area (Å²) in [6.45, 7) is 7.70. The van der Waals surface area contributed by atoms with Crippen molar-refractivity contribution in [3.05, 3.63) is 46.1 Å². The fourth-order valence-corrected chi connectivity index (χ4v) is 5.06. The molecular formula is C22H25BrN6O2. The van der Waals surface area contributed by atoms with Crippen molar-refractivity contribution in [1.29, 1.82) is 0 Å². The molecule has 1 amide bonds. The van der Waals surface area contributed by atoms with E-state index in [-0.39, 0.29) is 11.9 Å². The number of halogens is 1. The molecule has 162 valence electrons. The molecule has 31 heavy (non-hydrogen) atoms. The molecule has 1 atom stereocenters. The van der Waals surface area contributed by atoms with Crippen LogP contribution in [0.5, 0.6) is 0 Å². The summed E-state index contributed by atoms with van der Waals surface area (Å²) in [4.78, 5) is 26.7. The zero-order valence-corrected chi connectivity index (χ0v) is 19.3. The number of hydrogen-bond donors (Lipinski definition) is 0. The lowest BCUT2D eigenvalue weighted by atomic mass is 9.97. The number of rotatable bonds is 7. The normalized spacial score (nSPS) is 17.2. The van der Waals surface area contributed by atoms with E-state index in [1.165, 1.54) is 0 Å². The average molecular weight is 485 g/mol. The highest BCUT2D eigenvalue weighted by molar-refractivity contribution is 9.10. The molecule has 3 aromatic rings. The first-order chi connectivity index (χ1) is 15.1. The molecule has 1 aromatic carbocycles. The van der Waals surface area contributed by atoms with E-state index in [1.807, 2.05) is 27.7 Å². The minimum absolute atomic E-state index is 0.0388. The van der Waals surface area contributed by atoms with E-state index in [2.05, 4.69) is 49.8 Å².